The molecule has 0 bridgehead atoms. The molecule has 0 saturated heterocycles. The van der Waals surface area contributed by atoms with Gasteiger partial charge in [-0.1, -0.05) is 29.8 Å². The third-order valence-corrected chi connectivity index (χ3v) is 3.78. The van der Waals surface area contributed by atoms with Crippen LogP contribution in [0.15, 0.2) is 35.4 Å². The van der Waals surface area contributed by atoms with Crippen LogP contribution in [0.2, 0.25) is 5.15 Å². The zero-order chi connectivity index (χ0) is 18.8. The van der Waals surface area contributed by atoms with E-state index in [1.165, 1.54) is 4.68 Å². The molecule has 134 valence electrons. The van der Waals surface area contributed by atoms with E-state index < -0.39 is 29.2 Å². The maximum Gasteiger partial charge on any atom is 0.254 e. The number of hydrogen-bond acceptors (Lipinski definition) is 4. The van der Waals surface area contributed by atoms with E-state index in [1.807, 2.05) is 11.5 Å². The first-order chi connectivity index (χ1) is 12.4. The molecule has 5 nitrogen and oxygen atoms in total. The molecule has 10 heteroatoms. The Balaban J connectivity index is 1.90. The van der Waals surface area contributed by atoms with Gasteiger partial charge in [0.25, 0.3) is 11.9 Å². The number of benzene rings is 1. The summed E-state index contributed by atoms with van der Waals surface area (Å²) in [5.74, 6) is -6.95. The quantitative estimate of drug-likeness (QED) is 0.317. The average molecular weight is 384 g/mol. The van der Waals surface area contributed by atoms with Crippen LogP contribution in [-0.2, 0) is 0 Å². The van der Waals surface area contributed by atoms with Gasteiger partial charge < -0.3 is 0 Å². The minimum absolute atomic E-state index is 0.201. The second-order valence-corrected chi connectivity index (χ2v) is 5.46. The number of nitrogens with one attached hydrogen (secondary N) is 1. The first-order valence-corrected chi connectivity index (χ1v) is 7.57. The zero-order valence-corrected chi connectivity index (χ0v) is 13.9. The van der Waals surface area contributed by atoms with Gasteiger partial charge in [0.2, 0.25) is 11.6 Å². The van der Waals surface area contributed by atoms with Gasteiger partial charge in [0, 0.05) is 0 Å². The van der Waals surface area contributed by atoms with Gasteiger partial charge in [0.05, 0.1) is 23.2 Å². The number of rotatable bonds is 4. The highest BCUT2D eigenvalue weighted by atomic mass is 35.5. The van der Waals surface area contributed by atoms with Crippen molar-refractivity contribution in [3.63, 3.8) is 0 Å². The lowest BCUT2D eigenvalue weighted by molar-refractivity contribution is 0.411. The third-order valence-electron chi connectivity index (χ3n) is 3.42. The maximum absolute atomic E-state index is 13.5. The normalized spacial score (nSPS) is 11.3. The summed E-state index contributed by atoms with van der Waals surface area (Å²) >= 11 is 6.26. The van der Waals surface area contributed by atoms with Crippen molar-refractivity contribution in [2.45, 2.75) is 6.92 Å². The molecule has 0 spiro atoms. The van der Waals surface area contributed by atoms with Crippen molar-refractivity contribution < 1.29 is 17.6 Å². The Hall–Kier alpha value is -2.94. The van der Waals surface area contributed by atoms with Gasteiger partial charge in [-0.25, -0.2) is 4.68 Å². The summed E-state index contributed by atoms with van der Waals surface area (Å²) in [6.07, 6.45) is 1.14. The lowest BCUT2D eigenvalue weighted by Gasteiger charge is -2.04. The predicted molar refractivity (Wildman–Crippen MR) is 88.6 cm³/mol. The molecule has 0 fully saturated rings. The molecule has 0 saturated carbocycles. The molecule has 0 aliphatic rings. The monoisotopic (exact) mass is 383 g/mol. The Morgan fingerprint density at radius 3 is 2.31 bits per heavy atom. The molecular formula is C16H10ClF4N5. The van der Waals surface area contributed by atoms with E-state index in [0.717, 1.165) is 6.21 Å². The molecule has 1 N–H and O–H groups in total. The van der Waals surface area contributed by atoms with Crippen LogP contribution in [0.25, 0.3) is 5.69 Å². The van der Waals surface area contributed by atoms with Crippen molar-refractivity contribution in [2.24, 2.45) is 5.10 Å². The fourth-order valence-corrected chi connectivity index (χ4v) is 2.47. The molecule has 3 rings (SSSR count). The number of aromatic nitrogens is 3. The molecule has 0 aliphatic heterocycles. The number of nitrogens with zero attached hydrogens (tertiary/aromatic N) is 4. The van der Waals surface area contributed by atoms with Crippen LogP contribution in [0, 0.1) is 30.5 Å². The average Bonchev–Trinajstić information content (AvgIpc) is 2.91. The summed E-state index contributed by atoms with van der Waals surface area (Å²) in [5, 5.41) is 8.05. The van der Waals surface area contributed by atoms with Gasteiger partial charge in [0.1, 0.15) is 10.8 Å². The second kappa shape index (κ2) is 7.12. The molecule has 0 radical (unpaired) electrons. The fourth-order valence-electron chi connectivity index (χ4n) is 2.14. The lowest BCUT2D eigenvalue weighted by atomic mass is 10.3. The minimum Gasteiger partial charge on any atom is -0.272 e. The highest BCUT2D eigenvalue weighted by Crippen LogP contribution is 2.24. The molecule has 3 aromatic rings. The molecule has 2 heterocycles. The Bertz CT molecular complexity index is 962. The number of hydrogen-bond donors (Lipinski definition) is 1. The van der Waals surface area contributed by atoms with Gasteiger partial charge in [-0.15, -0.1) is 0 Å². The Morgan fingerprint density at radius 2 is 1.69 bits per heavy atom. The Kier molecular flexibility index (Phi) is 4.90. The number of hydrazone groups is 1. The van der Waals surface area contributed by atoms with Crippen LogP contribution in [0.4, 0.5) is 23.2 Å². The molecule has 26 heavy (non-hydrogen) atoms. The van der Waals surface area contributed by atoms with E-state index in [-0.39, 0.29) is 5.15 Å². The standard InChI is InChI=1S/C16H10ClF4N5/c1-8-10(14(17)26(25-8)9-5-3-2-4-6-9)7-22-24-13-11(18)15(20)23-16(21)12(13)19/h2-7H,1H3,(H,23,24)/b22-7-. The maximum atomic E-state index is 13.5. The number of anilines is 1. The van der Waals surface area contributed by atoms with E-state index in [4.69, 9.17) is 11.6 Å². The topological polar surface area (TPSA) is 55.1 Å². The van der Waals surface area contributed by atoms with E-state index in [1.54, 1.807) is 31.2 Å². The number of halogens is 5. The summed E-state index contributed by atoms with van der Waals surface area (Å²) in [7, 11) is 0. The van der Waals surface area contributed by atoms with Gasteiger partial charge in [-0.3, -0.25) is 5.43 Å². The summed E-state index contributed by atoms with van der Waals surface area (Å²) in [5.41, 5.74) is 2.36. The van der Waals surface area contributed by atoms with Crippen LogP contribution >= 0.6 is 11.6 Å². The summed E-state index contributed by atoms with van der Waals surface area (Å²) < 4.78 is 54.6. The summed E-state index contributed by atoms with van der Waals surface area (Å²) in [6, 6.07) is 9.00. The number of para-hydroxylation sites is 1. The molecular weight excluding hydrogens is 374 g/mol. The fraction of sp³-hybridized carbons (Fsp3) is 0.0625. The largest absolute Gasteiger partial charge is 0.272 e. The SMILES string of the molecule is Cc1nn(-c2ccccc2)c(Cl)c1/C=N\Nc1c(F)c(F)nc(F)c1F. The highest BCUT2D eigenvalue weighted by molar-refractivity contribution is 6.32. The molecule has 2 aromatic heterocycles. The van der Waals surface area contributed by atoms with Crippen LogP contribution < -0.4 is 5.43 Å². The van der Waals surface area contributed by atoms with E-state index in [0.29, 0.717) is 16.9 Å². The van der Waals surface area contributed by atoms with Crippen molar-refractivity contribution in [2.75, 3.05) is 5.43 Å². The molecule has 0 amide bonds. The lowest BCUT2D eigenvalue weighted by Crippen LogP contribution is -2.06. The first-order valence-electron chi connectivity index (χ1n) is 7.19. The van der Waals surface area contributed by atoms with Crippen molar-refractivity contribution in [3.8, 4) is 5.69 Å². The third kappa shape index (κ3) is 3.25. The van der Waals surface area contributed by atoms with E-state index in [2.05, 4.69) is 15.2 Å². The highest BCUT2D eigenvalue weighted by Gasteiger charge is 2.20. The van der Waals surface area contributed by atoms with Crippen molar-refractivity contribution in [1.82, 2.24) is 14.8 Å². The number of aryl methyl sites for hydroxylation is 1. The van der Waals surface area contributed by atoms with E-state index >= 15 is 0 Å². The van der Waals surface area contributed by atoms with Crippen LogP contribution in [-0.4, -0.2) is 21.0 Å². The van der Waals surface area contributed by atoms with Crippen molar-refractivity contribution >= 4 is 23.5 Å². The predicted octanol–water partition coefficient (Wildman–Crippen LogP) is 4.23. The van der Waals surface area contributed by atoms with Gasteiger partial charge in [0.15, 0.2) is 0 Å². The van der Waals surface area contributed by atoms with Crippen molar-refractivity contribution in [1.29, 1.82) is 0 Å². The van der Waals surface area contributed by atoms with Crippen LogP contribution in [0.5, 0.6) is 0 Å². The summed E-state index contributed by atoms with van der Waals surface area (Å²) in [6.45, 7) is 1.65. The van der Waals surface area contributed by atoms with Crippen molar-refractivity contribution in [3.05, 3.63) is 70.3 Å². The Labute approximate surface area is 149 Å². The molecule has 0 unspecified atom stereocenters. The molecule has 1 aromatic carbocycles. The Morgan fingerprint density at radius 1 is 1.08 bits per heavy atom. The van der Waals surface area contributed by atoms with E-state index in [9.17, 15) is 17.6 Å². The van der Waals surface area contributed by atoms with Crippen LogP contribution in [0.1, 0.15) is 11.3 Å². The molecule has 0 aliphatic carbocycles. The van der Waals surface area contributed by atoms with Crippen LogP contribution in [0.3, 0.4) is 0 Å². The van der Waals surface area contributed by atoms with Gasteiger partial charge >= 0.3 is 0 Å². The minimum atomic E-state index is -1.78. The van der Waals surface area contributed by atoms with Gasteiger partial charge in [-0.05, 0) is 19.1 Å². The smallest absolute Gasteiger partial charge is 0.254 e. The molecule has 0 atom stereocenters. The number of pyridine rings is 1. The zero-order valence-electron chi connectivity index (χ0n) is 13.1. The van der Waals surface area contributed by atoms with Gasteiger partial charge in [-0.2, -0.15) is 32.7 Å². The second-order valence-electron chi connectivity index (χ2n) is 5.10. The summed E-state index contributed by atoms with van der Waals surface area (Å²) in [4.78, 5) is 2.46. The first kappa shape index (κ1) is 17.9.